The molecular formula is C17H19I2NO2. The van der Waals surface area contributed by atoms with E-state index in [9.17, 15) is 9.90 Å². The molecule has 0 spiro atoms. The number of hydrogen-bond donors (Lipinski definition) is 1. The second kappa shape index (κ2) is 7.17. The van der Waals surface area contributed by atoms with Crippen LogP contribution in [0, 0.1) is 9.49 Å². The van der Waals surface area contributed by atoms with Gasteiger partial charge < -0.3 is 5.11 Å². The van der Waals surface area contributed by atoms with Crippen LogP contribution in [-0.4, -0.2) is 34.6 Å². The third-order valence-corrected chi connectivity index (χ3v) is 6.28. The van der Waals surface area contributed by atoms with Crippen molar-refractivity contribution < 1.29 is 9.90 Å². The van der Waals surface area contributed by atoms with Gasteiger partial charge in [0, 0.05) is 28.1 Å². The highest BCUT2D eigenvalue weighted by atomic mass is 127. The van der Waals surface area contributed by atoms with Crippen LogP contribution in [-0.2, 0) is 4.79 Å². The Labute approximate surface area is 158 Å². The fraction of sp³-hybridized carbons (Fsp3) is 0.471. The molecule has 2 aliphatic heterocycles. The largest absolute Gasteiger partial charge is 0.481 e. The van der Waals surface area contributed by atoms with E-state index < -0.39 is 5.97 Å². The maximum absolute atomic E-state index is 12.0. The number of nitrogens with zero attached hydrogens (tertiary/aromatic N) is 1. The molecule has 1 aromatic rings. The number of carboxylic acids is 1. The summed E-state index contributed by atoms with van der Waals surface area (Å²) in [4.78, 5) is 14.4. The zero-order valence-electron chi connectivity index (χ0n) is 12.2. The second-order valence-corrected chi connectivity index (χ2v) is 8.08. The molecule has 118 valence electrons. The van der Waals surface area contributed by atoms with Gasteiger partial charge in [0.25, 0.3) is 0 Å². The Bertz CT molecular complexity index is 573. The normalized spacial score (nSPS) is 31.7. The maximum Gasteiger partial charge on any atom is 0.308 e. The molecule has 2 bridgehead atoms. The molecular weight excluding hydrogens is 504 g/mol. The van der Waals surface area contributed by atoms with E-state index in [0.717, 1.165) is 25.8 Å². The van der Waals surface area contributed by atoms with Crippen molar-refractivity contribution in [3.05, 3.63) is 43.6 Å². The minimum Gasteiger partial charge on any atom is -0.481 e. The molecule has 1 aromatic carbocycles. The summed E-state index contributed by atoms with van der Waals surface area (Å²) in [5, 5.41) is 9.84. The summed E-state index contributed by atoms with van der Waals surface area (Å²) >= 11 is 4.52. The van der Waals surface area contributed by atoms with Gasteiger partial charge in [-0.05, 0) is 63.6 Å². The first-order chi connectivity index (χ1) is 10.6. The van der Waals surface area contributed by atoms with Crippen molar-refractivity contribution >= 4 is 51.2 Å². The standard InChI is InChI=1S/C17H19I2NO2/c18-8-1-9-20-13-6-7-15(20)16(17(21)22)14(10-13)11-2-4-12(19)5-3-11/h1-5,8,13-16H,6-7,9-10H2,(H,21,22)/b8-1+/t13-,14+,15+,16-/m0/s1. The maximum atomic E-state index is 12.0. The average molecular weight is 523 g/mol. The van der Waals surface area contributed by atoms with Crippen LogP contribution in [0.15, 0.2) is 34.4 Å². The fourth-order valence-electron chi connectivity index (χ4n) is 4.15. The van der Waals surface area contributed by atoms with Gasteiger partial charge in [0.1, 0.15) is 0 Å². The molecule has 0 aliphatic carbocycles. The molecule has 0 aromatic heterocycles. The summed E-state index contributed by atoms with van der Waals surface area (Å²) in [6.07, 6.45) is 5.24. The van der Waals surface area contributed by atoms with Gasteiger partial charge in [-0.25, -0.2) is 0 Å². The Kier molecular flexibility index (Phi) is 5.44. The smallest absolute Gasteiger partial charge is 0.308 e. The summed E-state index contributed by atoms with van der Waals surface area (Å²) in [6.45, 7) is 0.876. The Morgan fingerprint density at radius 3 is 2.68 bits per heavy atom. The molecule has 1 N–H and O–H groups in total. The predicted molar refractivity (Wildman–Crippen MR) is 104 cm³/mol. The van der Waals surface area contributed by atoms with E-state index in [0.29, 0.717) is 6.04 Å². The third kappa shape index (κ3) is 3.21. The van der Waals surface area contributed by atoms with Gasteiger partial charge in [-0.3, -0.25) is 9.69 Å². The summed E-state index contributed by atoms with van der Waals surface area (Å²) < 4.78 is 3.22. The van der Waals surface area contributed by atoms with Gasteiger partial charge in [-0.2, -0.15) is 0 Å². The number of benzene rings is 1. The molecule has 2 fully saturated rings. The van der Waals surface area contributed by atoms with Crippen molar-refractivity contribution in [2.75, 3.05) is 6.54 Å². The fourth-order valence-corrected chi connectivity index (χ4v) is 4.74. The van der Waals surface area contributed by atoms with Crippen LogP contribution in [0.2, 0.25) is 0 Å². The minimum absolute atomic E-state index is 0.145. The number of aliphatic carboxylic acids is 1. The van der Waals surface area contributed by atoms with Crippen molar-refractivity contribution in [3.8, 4) is 0 Å². The monoisotopic (exact) mass is 523 g/mol. The lowest BCUT2D eigenvalue weighted by atomic mass is 9.76. The second-order valence-electron chi connectivity index (χ2n) is 6.11. The zero-order chi connectivity index (χ0) is 15.7. The van der Waals surface area contributed by atoms with Gasteiger partial charge in [0.15, 0.2) is 0 Å². The van der Waals surface area contributed by atoms with Crippen molar-refractivity contribution in [1.82, 2.24) is 4.90 Å². The van der Waals surface area contributed by atoms with Gasteiger partial charge in [0.2, 0.25) is 0 Å². The molecule has 0 saturated carbocycles. The first-order valence-corrected chi connectivity index (χ1v) is 9.93. The molecule has 5 heteroatoms. The van der Waals surface area contributed by atoms with Crippen LogP contribution in [0.3, 0.4) is 0 Å². The molecule has 2 aliphatic rings. The molecule has 0 amide bonds. The molecule has 3 rings (SSSR count). The lowest BCUT2D eigenvalue weighted by Gasteiger charge is -2.42. The molecule has 0 radical (unpaired) electrons. The number of piperidine rings is 1. The summed E-state index contributed by atoms with van der Waals surface area (Å²) in [7, 11) is 0. The highest BCUT2D eigenvalue weighted by Crippen LogP contribution is 2.47. The molecule has 22 heavy (non-hydrogen) atoms. The SMILES string of the molecule is O=C(O)[C@H]1[C@@H](c2ccc(I)cc2)C[C@@H]2CC[C@H]1N2C/C=C/I. The van der Waals surface area contributed by atoms with Gasteiger partial charge >= 0.3 is 5.97 Å². The minimum atomic E-state index is -0.641. The number of halogens is 2. The highest BCUT2D eigenvalue weighted by molar-refractivity contribution is 14.1. The van der Waals surface area contributed by atoms with E-state index in [1.54, 1.807) is 0 Å². The van der Waals surface area contributed by atoms with E-state index in [-0.39, 0.29) is 17.9 Å². The lowest BCUT2D eigenvalue weighted by molar-refractivity contribution is -0.146. The summed E-state index contributed by atoms with van der Waals surface area (Å²) in [5.41, 5.74) is 1.19. The van der Waals surface area contributed by atoms with E-state index >= 15 is 0 Å². The van der Waals surface area contributed by atoms with E-state index in [1.165, 1.54) is 9.13 Å². The van der Waals surface area contributed by atoms with Crippen LogP contribution in [0.1, 0.15) is 30.7 Å². The van der Waals surface area contributed by atoms with Crippen LogP contribution in [0.5, 0.6) is 0 Å². The first-order valence-electron chi connectivity index (χ1n) is 7.61. The van der Waals surface area contributed by atoms with Crippen LogP contribution in [0.25, 0.3) is 0 Å². The molecule has 4 atom stereocenters. The molecule has 3 nitrogen and oxygen atoms in total. The summed E-state index contributed by atoms with van der Waals surface area (Å²) in [5.74, 6) is -0.786. The number of hydrogen-bond acceptors (Lipinski definition) is 2. The quantitative estimate of drug-likeness (QED) is 0.601. The lowest BCUT2D eigenvalue weighted by Crippen LogP contribution is -2.50. The molecule has 2 saturated heterocycles. The number of carbonyl (C=O) groups is 1. The highest BCUT2D eigenvalue weighted by Gasteiger charge is 2.50. The number of rotatable bonds is 4. The Balaban J connectivity index is 1.90. The zero-order valence-corrected chi connectivity index (χ0v) is 16.5. The topological polar surface area (TPSA) is 40.5 Å². The summed E-state index contributed by atoms with van der Waals surface area (Å²) in [6, 6.07) is 9.10. The Morgan fingerprint density at radius 2 is 2.05 bits per heavy atom. The Hall–Kier alpha value is -0.150. The van der Waals surface area contributed by atoms with E-state index in [1.807, 2.05) is 4.08 Å². The van der Waals surface area contributed by atoms with Crippen molar-refractivity contribution in [3.63, 3.8) is 0 Å². The van der Waals surface area contributed by atoms with Crippen molar-refractivity contribution in [2.24, 2.45) is 5.92 Å². The third-order valence-electron chi connectivity index (χ3n) is 5.05. The predicted octanol–water partition coefficient (Wildman–Crippen LogP) is 4.26. The van der Waals surface area contributed by atoms with Gasteiger partial charge in [0.05, 0.1) is 5.92 Å². The van der Waals surface area contributed by atoms with Gasteiger partial charge in [-0.15, -0.1) is 0 Å². The van der Waals surface area contributed by atoms with Crippen molar-refractivity contribution in [2.45, 2.75) is 37.3 Å². The number of carboxylic acid groups (broad SMARTS) is 1. The van der Waals surface area contributed by atoms with Crippen molar-refractivity contribution in [1.29, 1.82) is 0 Å². The molecule has 2 heterocycles. The van der Waals surface area contributed by atoms with Crippen LogP contribution >= 0.6 is 45.2 Å². The Morgan fingerprint density at radius 1 is 1.32 bits per heavy atom. The number of fused-ring (bicyclic) bond motifs is 2. The van der Waals surface area contributed by atoms with E-state index in [2.05, 4.69) is 80.4 Å². The van der Waals surface area contributed by atoms with Crippen LogP contribution in [0.4, 0.5) is 0 Å². The first kappa shape index (κ1) is 16.7. The average Bonchev–Trinajstić information content (AvgIpc) is 2.76. The molecule has 0 unspecified atom stereocenters. The van der Waals surface area contributed by atoms with E-state index in [4.69, 9.17) is 0 Å². The van der Waals surface area contributed by atoms with Gasteiger partial charge in [-0.1, -0.05) is 40.8 Å². The van der Waals surface area contributed by atoms with Crippen LogP contribution < -0.4 is 0 Å².